The number of carbonyl (C=O) groups is 3. The van der Waals surface area contributed by atoms with E-state index in [1.54, 1.807) is 0 Å². The molecule has 0 fully saturated rings. The van der Waals surface area contributed by atoms with E-state index in [2.05, 4.69) is 26.1 Å². The molecule has 0 unspecified atom stereocenters. The van der Waals surface area contributed by atoms with Crippen molar-refractivity contribution in [1.29, 1.82) is 0 Å². The van der Waals surface area contributed by atoms with E-state index >= 15 is 0 Å². The van der Waals surface area contributed by atoms with Crippen LogP contribution in [0.1, 0.15) is 61.1 Å². The Morgan fingerprint density at radius 1 is 1.03 bits per heavy atom. The second-order valence-corrected chi connectivity index (χ2v) is 11.2. The fourth-order valence-corrected chi connectivity index (χ4v) is 6.52. The van der Waals surface area contributed by atoms with Gasteiger partial charge in [-0.15, -0.1) is 0 Å². The third kappa shape index (κ3) is 5.02. The van der Waals surface area contributed by atoms with E-state index in [0.717, 1.165) is 59.5 Å². The first-order valence-corrected chi connectivity index (χ1v) is 14.1. The molecule has 0 bridgehead atoms. The Kier molecular flexibility index (Phi) is 7.67. The van der Waals surface area contributed by atoms with Crippen LogP contribution in [0.25, 0.3) is 0 Å². The van der Waals surface area contributed by atoms with Crippen molar-refractivity contribution in [2.75, 3.05) is 26.1 Å². The molecule has 0 saturated carbocycles. The van der Waals surface area contributed by atoms with E-state index in [0.29, 0.717) is 40.0 Å². The molecule has 0 atom stereocenters. The number of halogens is 1. The number of hydrogen-bond acceptors (Lipinski definition) is 6. The van der Waals surface area contributed by atoms with Crippen LogP contribution in [0.2, 0.25) is 0 Å². The van der Waals surface area contributed by atoms with Crippen LogP contribution in [-0.2, 0) is 14.4 Å². The number of benzene rings is 2. The van der Waals surface area contributed by atoms with Crippen molar-refractivity contribution in [2.24, 2.45) is 0 Å². The molecule has 39 heavy (non-hydrogen) atoms. The van der Waals surface area contributed by atoms with Crippen LogP contribution in [0.4, 0.5) is 5.69 Å². The van der Waals surface area contributed by atoms with Gasteiger partial charge in [-0.2, -0.15) is 0 Å². The average molecular weight is 594 g/mol. The molecule has 204 valence electrons. The third-order valence-corrected chi connectivity index (χ3v) is 8.65. The minimum Gasteiger partial charge on any atom is -0.493 e. The van der Waals surface area contributed by atoms with Crippen molar-refractivity contribution in [3.05, 3.63) is 74.0 Å². The molecule has 0 radical (unpaired) electrons. The van der Waals surface area contributed by atoms with Gasteiger partial charge in [0, 0.05) is 54.0 Å². The highest BCUT2D eigenvalue weighted by Gasteiger charge is 2.42. The van der Waals surface area contributed by atoms with Crippen molar-refractivity contribution in [3.8, 4) is 11.5 Å². The number of ketones is 2. The molecule has 8 heteroatoms. The fourth-order valence-electron chi connectivity index (χ4n) is 5.94. The van der Waals surface area contributed by atoms with Gasteiger partial charge in [-0.25, -0.2) is 0 Å². The number of rotatable bonds is 6. The quantitative estimate of drug-likeness (QED) is 0.434. The van der Waals surface area contributed by atoms with Gasteiger partial charge in [0.15, 0.2) is 29.7 Å². The van der Waals surface area contributed by atoms with Crippen LogP contribution in [-0.4, -0.2) is 43.1 Å². The first-order valence-electron chi connectivity index (χ1n) is 13.3. The number of ether oxygens (including phenoxy) is 2. The number of aryl methyl sites for hydroxylation is 1. The number of methoxy groups -OCH3 is 1. The summed E-state index contributed by atoms with van der Waals surface area (Å²) in [6, 6.07) is 9.47. The predicted octanol–water partition coefficient (Wildman–Crippen LogP) is 6.14. The molecule has 0 aromatic heterocycles. The Morgan fingerprint density at radius 2 is 1.67 bits per heavy atom. The summed E-state index contributed by atoms with van der Waals surface area (Å²) in [7, 11) is 3.52. The van der Waals surface area contributed by atoms with E-state index in [9.17, 15) is 14.4 Å². The highest BCUT2D eigenvalue weighted by atomic mass is 79.9. The smallest absolute Gasteiger partial charge is 0.262 e. The Bertz CT molecular complexity index is 1400. The molecular formula is C31H33BrN2O5. The summed E-state index contributed by atoms with van der Waals surface area (Å²) in [4.78, 5) is 41.4. The number of nitrogens with one attached hydrogen (secondary N) is 1. The maximum absolute atomic E-state index is 13.3. The monoisotopic (exact) mass is 592 g/mol. The lowest BCUT2D eigenvalue weighted by Crippen LogP contribution is -2.37. The van der Waals surface area contributed by atoms with Crippen LogP contribution in [0.15, 0.2) is 57.3 Å². The normalized spacial score (nSPS) is 17.7. The summed E-state index contributed by atoms with van der Waals surface area (Å²) in [5.41, 5.74) is 7.10. The van der Waals surface area contributed by atoms with E-state index in [4.69, 9.17) is 9.47 Å². The molecule has 1 heterocycles. The van der Waals surface area contributed by atoms with Gasteiger partial charge >= 0.3 is 0 Å². The summed E-state index contributed by atoms with van der Waals surface area (Å²) in [5.74, 6) is 0.265. The zero-order chi connectivity index (χ0) is 27.8. The van der Waals surface area contributed by atoms with Gasteiger partial charge < -0.3 is 19.7 Å². The number of Topliss-reactive ketones (excluding diaryl/α,β-unsaturated/α-hetero) is 2. The standard InChI is InChI=1S/C31H33BrN2O5/c1-17-8-5-9-21(18(17)2)33-27(37)16-39-31-20(32)14-19(15-26(31)38-4)28-29-22(10-6-12-24(29)35)34(3)23-11-7-13-25(36)30(23)28/h5,8-9,14-15,28H,6-7,10-13,16H2,1-4H3,(H,33,37). The molecule has 7 nitrogen and oxygen atoms in total. The summed E-state index contributed by atoms with van der Waals surface area (Å²) in [6.45, 7) is 3.75. The molecule has 3 aliphatic rings. The summed E-state index contributed by atoms with van der Waals surface area (Å²) in [5, 5.41) is 2.91. The van der Waals surface area contributed by atoms with E-state index in [1.165, 1.54) is 7.11 Å². The molecule has 1 amide bonds. The van der Waals surface area contributed by atoms with Crippen molar-refractivity contribution >= 4 is 39.1 Å². The van der Waals surface area contributed by atoms with Gasteiger partial charge in [0.25, 0.3) is 5.91 Å². The lowest BCUT2D eigenvalue weighted by atomic mass is 9.71. The summed E-state index contributed by atoms with van der Waals surface area (Å²) in [6.07, 6.45) is 4.22. The number of allylic oxidation sites excluding steroid dienone is 4. The molecule has 5 rings (SSSR count). The molecule has 2 aliphatic carbocycles. The highest BCUT2D eigenvalue weighted by molar-refractivity contribution is 9.10. The van der Waals surface area contributed by atoms with Crippen LogP contribution in [0.3, 0.4) is 0 Å². The second kappa shape index (κ2) is 11.0. The number of nitrogens with zero attached hydrogens (tertiary/aromatic N) is 1. The Morgan fingerprint density at radius 3 is 2.28 bits per heavy atom. The van der Waals surface area contributed by atoms with Gasteiger partial charge in [0.2, 0.25) is 0 Å². The predicted molar refractivity (Wildman–Crippen MR) is 153 cm³/mol. The molecule has 2 aromatic rings. The van der Waals surface area contributed by atoms with Crippen LogP contribution >= 0.6 is 15.9 Å². The summed E-state index contributed by atoms with van der Waals surface area (Å²) >= 11 is 3.61. The van der Waals surface area contributed by atoms with Crippen LogP contribution < -0.4 is 14.8 Å². The van der Waals surface area contributed by atoms with Crippen molar-refractivity contribution in [2.45, 2.75) is 58.3 Å². The van der Waals surface area contributed by atoms with Crippen molar-refractivity contribution in [1.82, 2.24) is 4.90 Å². The lowest BCUT2D eigenvalue weighted by molar-refractivity contribution is -0.118. The molecule has 2 aromatic carbocycles. The minimum absolute atomic E-state index is 0.0940. The number of anilines is 1. The number of carbonyl (C=O) groups excluding carboxylic acids is 3. The Hall–Kier alpha value is -3.39. The zero-order valence-electron chi connectivity index (χ0n) is 22.8. The van der Waals surface area contributed by atoms with Crippen LogP contribution in [0, 0.1) is 13.8 Å². The number of amides is 1. The van der Waals surface area contributed by atoms with E-state index in [1.807, 2.05) is 51.2 Å². The van der Waals surface area contributed by atoms with Gasteiger partial charge in [-0.1, -0.05) is 12.1 Å². The maximum Gasteiger partial charge on any atom is 0.262 e. The topological polar surface area (TPSA) is 84.9 Å². The van der Waals surface area contributed by atoms with Crippen LogP contribution in [0.5, 0.6) is 11.5 Å². The van der Waals surface area contributed by atoms with Gasteiger partial charge in [0.05, 0.1) is 11.6 Å². The first kappa shape index (κ1) is 27.2. The summed E-state index contributed by atoms with van der Waals surface area (Å²) < 4.78 is 12.2. The molecule has 1 aliphatic heterocycles. The lowest BCUT2D eigenvalue weighted by Gasteiger charge is -2.42. The SMILES string of the molecule is COc1cc(C2C3=C(CCCC3=O)N(C)C3=C2C(=O)CCC3)cc(Br)c1OCC(=O)Nc1cccc(C)c1C. The maximum atomic E-state index is 13.3. The first-order chi connectivity index (χ1) is 18.7. The van der Waals surface area contributed by atoms with E-state index < -0.39 is 5.92 Å². The Balaban J connectivity index is 1.47. The molecule has 0 saturated heterocycles. The van der Waals surface area contributed by atoms with Crippen molar-refractivity contribution in [3.63, 3.8) is 0 Å². The zero-order valence-corrected chi connectivity index (χ0v) is 24.4. The Labute approximate surface area is 237 Å². The number of hydrogen-bond donors (Lipinski definition) is 1. The highest BCUT2D eigenvalue weighted by Crippen LogP contribution is 2.50. The largest absolute Gasteiger partial charge is 0.493 e. The fraction of sp³-hybridized carbons (Fsp3) is 0.387. The van der Waals surface area contributed by atoms with Gasteiger partial charge in [0.1, 0.15) is 0 Å². The average Bonchev–Trinajstić information content (AvgIpc) is 2.91. The van der Waals surface area contributed by atoms with Crippen molar-refractivity contribution < 1.29 is 23.9 Å². The minimum atomic E-state index is -0.446. The third-order valence-electron chi connectivity index (χ3n) is 8.06. The second-order valence-electron chi connectivity index (χ2n) is 10.4. The van der Waals surface area contributed by atoms with Gasteiger partial charge in [-0.3, -0.25) is 14.4 Å². The van der Waals surface area contributed by atoms with Gasteiger partial charge in [-0.05, 0) is 90.4 Å². The molecule has 1 N–H and O–H groups in total. The molecule has 0 spiro atoms. The molecular weight excluding hydrogens is 560 g/mol. The van der Waals surface area contributed by atoms with E-state index in [-0.39, 0.29) is 24.1 Å².